The summed E-state index contributed by atoms with van der Waals surface area (Å²) in [5, 5.41) is 9.12. The quantitative estimate of drug-likeness (QED) is 0.909. The molecule has 0 aliphatic rings. The van der Waals surface area contributed by atoms with E-state index in [0.29, 0.717) is 22.9 Å². The van der Waals surface area contributed by atoms with Crippen LogP contribution in [0.1, 0.15) is 5.56 Å². The molecule has 2 aromatic rings. The number of anilines is 3. The Labute approximate surface area is 111 Å². The third kappa shape index (κ3) is 2.43. The summed E-state index contributed by atoms with van der Waals surface area (Å²) in [6, 6.07) is 13.0. The average Bonchev–Trinajstić information content (AvgIpc) is 2.47. The van der Waals surface area contributed by atoms with Gasteiger partial charge in [0.05, 0.1) is 24.0 Å². The van der Waals surface area contributed by atoms with Crippen LogP contribution in [0, 0.1) is 11.3 Å². The summed E-state index contributed by atoms with van der Waals surface area (Å²) in [5.74, 6) is 1.03. The van der Waals surface area contributed by atoms with Gasteiger partial charge in [-0.2, -0.15) is 10.2 Å². The maximum absolute atomic E-state index is 9.12. The summed E-state index contributed by atoms with van der Waals surface area (Å²) in [6.45, 7) is 0. The van der Waals surface area contributed by atoms with Crippen LogP contribution in [-0.2, 0) is 0 Å². The van der Waals surface area contributed by atoms with Crippen molar-refractivity contribution in [3.05, 3.63) is 42.0 Å². The molecule has 0 saturated heterocycles. The Balaban J connectivity index is 2.44. The maximum Gasteiger partial charge on any atom is 0.238 e. The molecule has 0 saturated carbocycles. The number of nitrogen functional groups attached to an aromatic ring is 1. The molecule has 1 aromatic heterocycles. The second kappa shape index (κ2) is 5.27. The summed E-state index contributed by atoms with van der Waals surface area (Å²) >= 11 is 0. The number of nitriles is 1. The lowest BCUT2D eigenvalue weighted by atomic mass is 10.2. The molecule has 1 aromatic carbocycles. The molecule has 96 valence electrons. The topological polar surface area (TPSA) is 75.2 Å². The maximum atomic E-state index is 9.12. The van der Waals surface area contributed by atoms with Crippen LogP contribution in [-0.4, -0.2) is 19.1 Å². The van der Waals surface area contributed by atoms with Gasteiger partial charge in [0.25, 0.3) is 0 Å². The Hall–Kier alpha value is -2.74. The van der Waals surface area contributed by atoms with Gasteiger partial charge in [-0.1, -0.05) is 12.1 Å². The Bertz CT molecular complexity index is 634. The van der Waals surface area contributed by atoms with Gasteiger partial charge in [0.1, 0.15) is 11.9 Å². The molecule has 2 N–H and O–H groups in total. The Kier molecular flexibility index (Phi) is 3.53. The molecule has 0 fully saturated rings. The summed E-state index contributed by atoms with van der Waals surface area (Å²) in [7, 11) is 3.36. The number of pyridine rings is 1. The van der Waals surface area contributed by atoms with Gasteiger partial charge < -0.3 is 15.4 Å². The number of aromatic nitrogens is 1. The zero-order valence-corrected chi connectivity index (χ0v) is 10.8. The number of benzene rings is 1. The molecule has 5 heteroatoms. The summed E-state index contributed by atoms with van der Waals surface area (Å²) in [5.41, 5.74) is 7.58. The van der Waals surface area contributed by atoms with Crippen LogP contribution < -0.4 is 15.4 Å². The SMILES string of the molecule is COc1nc(N(C)c2ccccc2C#N)ccc1N. The number of rotatable bonds is 3. The van der Waals surface area contributed by atoms with Gasteiger partial charge in [-0.05, 0) is 24.3 Å². The molecule has 0 radical (unpaired) electrons. The standard InChI is InChI=1S/C14H14N4O/c1-18(12-6-4-3-5-10(12)9-15)13-8-7-11(16)14(17-13)19-2/h3-8H,16H2,1-2H3. The number of ether oxygens (including phenoxy) is 1. The second-order valence-corrected chi connectivity index (χ2v) is 3.96. The highest BCUT2D eigenvalue weighted by molar-refractivity contribution is 5.68. The zero-order chi connectivity index (χ0) is 13.8. The second-order valence-electron chi connectivity index (χ2n) is 3.96. The predicted octanol–water partition coefficient (Wildman–Crippen LogP) is 2.31. The van der Waals surface area contributed by atoms with E-state index in [4.69, 9.17) is 15.7 Å². The third-order valence-electron chi connectivity index (χ3n) is 2.80. The first-order valence-corrected chi connectivity index (χ1v) is 5.70. The van der Waals surface area contributed by atoms with Crippen molar-refractivity contribution in [2.24, 2.45) is 0 Å². The van der Waals surface area contributed by atoms with E-state index in [0.717, 1.165) is 5.69 Å². The molecule has 0 spiro atoms. The van der Waals surface area contributed by atoms with Crippen molar-refractivity contribution in [3.63, 3.8) is 0 Å². The van der Waals surface area contributed by atoms with E-state index in [9.17, 15) is 0 Å². The number of hydrogen-bond acceptors (Lipinski definition) is 5. The average molecular weight is 254 g/mol. The van der Waals surface area contributed by atoms with Gasteiger partial charge >= 0.3 is 0 Å². The van der Waals surface area contributed by atoms with Crippen molar-refractivity contribution in [1.82, 2.24) is 4.98 Å². The highest BCUT2D eigenvalue weighted by Crippen LogP contribution is 2.28. The first-order valence-electron chi connectivity index (χ1n) is 5.70. The Morgan fingerprint density at radius 1 is 1.26 bits per heavy atom. The first kappa shape index (κ1) is 12.7. The number of hydrogen-bond donors (Lipinski definition) is 1. The number of methoxy groups -OCH3 is 1. The van der Waals surface area contributed by atoms with Crippen LogP contribution in [0.3, 0.4) is 0 Å². The molecule has 0 atom stereocenters. The fourth-order valence-corrected chi connectivity index (χ4v) is 1.78. The van der Waals surface area contributed by atoms with E-state index in [2.05, 4.69) is 11.1 Å². The zero-order valence-electron chi connectivity index (χ0n) is 10.8. The Morgan fingerprint density at radius 3 is 2.68 bits per heavy atom. The van der Waals surface area contributed by atoms with E-state index < -0.39 is 0 Å². The molecular formula is C14H14N4O. The number of nitrogens with two attached hydrogens (primary N) is 1. The van der Waals surface area contributed by atoms with E-state index >= 15 is 0 Å². The minimum atomic E-state index is 0.374. The molecule has 0 amide bonds. The van der Waals surface area contributed by atoms with Crippen molar-refractivity contribution < 1.29 is 4.74 Å². The van der Waals surface area contributed by atoms with E-state index in [1.807, 2.05) is 30.1 Å². The largest absolute Gasteiger partial charge is 0.479 e. The van der Waals surface area contributed by atoms with E-state index in [1.54, 1.807) is 18.2 Å². The molecule has 1 heterocycles. The molecule has 0 aliphatic carbocycles. The van der Waals surface area contributed by atoms with Crippen LogP contribution in [0.2, 0.25) is 0 Å². The monoisotopic (exact) mass is 254 g/mol. The van der Waals surface area contributed by atoms with Crippen LogP contribution >= 0.6 is 0 Å². The van der Waals surface area contributed by atoms with Crippen LogP contribution in [0.25, 0.3) is 0 Å². The van der Waals surface area contributed by atoms with Gasteiger partial charge in [-0.25, -0.2) is 0 Å². The smallest absolute Gasteiger partial charge is 0.238 e. The third-order valence-corrected chi connectivity index (χ3v) is 2.80. The molecular weight excluding hydrogens is 240 g/mol. The molecule has 0 aliphatic heterocycles. The highest BCUT2D eigenvalue weighted by Gasteiger charge is 2.11. The number of para-hydroxylation sites is 1. The number of nitrogens with zero attached hydrogens (tertiary/aromatic N) is 3. The molecule has 0 unspecified atom stereocenters. The van der Waals surface area contributed by atoms with Crippen molar-refractivity contribution >= 4 is 17.2 Å². The van der Waals surface area contributed by atoms with E-state index in [-0.39, 0.29) is 0 Å². The van der Waals surface area contributed by atoms with Gasteiger partial charge in [-0.15, -0.1) is 0 Å². The molecule has 5 nitrogen and oxygen atoms in total. The lowest BCUT2D eigenvalue weighted by Gasteiger charge is -2.20. The van der Waals surface area contributed by atoms with Gasteiger partial charge in [0, 0.05) is 7.05 Å². The molecule has 19 heavy (non-hydrogen) atoms. The van der Waals surface area contributed by atoms with Crippen molar-refractivity contribution in [2.75, 3.05) is 24.8 Å². The normalized spacial score (nSPS) is 9.74. The van der Waals surface area contributed by atoms with Crippen LogP contribution in [0.5, 0.6) is 5.88 Å². The van der Waals surface area contributed by atoms with Crippen LogP contribution in [0.4, 0.5) is 17.2 Å². The first-order chi connectivity index (χ1) is 9.17. The lowest BCUT2D eigenvalue weighted by Crippen LogP contribution is -2.13. The van der Waals surface area contributed by atoms with Crippen molar-refractivity contribution in [1.29, 1.82) is 5.26 Å². The van der Waals surface area contributed by atoms with E-state index in [1.165, 1.54) is 7.11 Å². The fraction of sp³-hybridized carbons (Fsp3) is 0.143. The van der Waals surface area contributed by atoms with Crippen molar-refractivity contribution in [3.8, 4) is 11.9 Å². The van der Waals surface area contributed by atoms with Crippen molar-refractivity contribution in [2.45, 2.75) is 0 Å². The predicted molar refractivity (Wildman–Crippen MR) is 74.4 cm³/mol. The lowest BCUT2D eigenvalue weighted by molar-refractivity contribution is 0.400. The van der Waals surface area contributed by atoms with Gasteiger partial charge in [0.2, 0.25) is 5.88 Å². The van der Waals surface area contributed by atoms with Crippen LogP contribution in [0.15, 0.2) is 36.4 Å². The fourth-order valence-electron chi connectivity index (χ4n) is 1.78. The minimum Gasteiger partial charge on any atom is -0.479 e. The summed E-state index contributed by atoms with van der Waals surface area (Å²) < 4.78 is 5.10. The minimum absolute atomic E-state index is 0.374. The highest BCUT2D eigenvalue weighted by atomic mass is 16.5. The van der Waals surface area contributed by atoms with Gasteiger partial charge in [0.15, 0.2) is 0 Å². The molecule has 2 rings (SSSR count). The Morgan fingerprint density at radius 2 is 2.00 bits per heavy atom. The summed E-state index contributed by atoms with van der Waals surface area (Å²) in [6.07, 6.45) is 0. The summed E-state index contributed by atoms with van der Waals surface area (Å²) in [4.78, 5) is 6.13. The van der Waals surface area contributed by atoms with Gasteiger partial charge in [-0.3, -0.25) is 0 Å². The molecule has 0 bridgehead atoms.